The highest BCUT2D eigenvalue weighted by Crippen LogP contribution is 2.43. The summed E-state index contributed by atoms with van der Waals surface area (Å²) < 4.78 is 21.2. The lowest BCUT2D eigenvalue weighted by Crippen LogP contribution is -2.46. The highest BCUT2D eigenvalue weighted by molar-refractivity contribution is 6.15. The van der Waals surface area contributed by atoms with Crippen LogP contribution in [-0.4, -0.2) is 33.4 Å². The number of ketones is 1. The molecule has 3 aliphatic rings. The van der Waals surface area contributed by atoms with Gasteiger partial charge in [0.05, 0.1) is 11.1 Å². The van der Waals surface area contributed by atoms with E-state index in [1.54, 1.807) is 37.3 Å². The predicted octanol–water partition coefficient (Wildman–Crippen LogP) is 4.24. The predicted molar refractivity (Wildman–Crippen MR) is 129 cm³/mol. The molecule has 2 bridgehead atoms. The number of likely N-dealkylation sites (tertiary alicyclic amines) is 1. The maximum Gasteiger partial charge on any atom is 0.250 e. The number of carbonyl (C=O) groups is 1. The first-order valence-corrected chi connectivity index (χ1v) is 11.8. The minimum atomic E-state index is -0.351. The van der Waals surface area contributed by atoms with Gasteiger partial charge in [0.1, 0.15) is 17.3 Å². The van der Waals surface area contributed by atoms with Crippen molar-refractivity contribution in [2.24, 2.45) is 5.92 Å². The Hall–Kier alpha value is -3.71. The molecule has 0 spiro atoms. The molecular formula is C28H25FN2O4. The molecule has 1 aromatic heterocycles. The number of hydrogen-bond donors (Lipinski definition) is 1. The summed E-state index contributed by atoms with van der Waals surface area (Å²) in [6.45, 7) is 4.47. The summed E-state index contributed by atoms with van der Waals surface area (Å²) in [5, 5.41) is 10.9. The fourth-order valence-corrected chi connectivity index (χ4v) is 5.79. The first-order valence-electron chi connectivity index (χ1n) is 11.8. The number of benzene rings is 2. The number of aromatic nitrogens is 1. The average Bonchev–Trinajstić information content (AvgIpc) is 3.15. The van der Waals surface area contributed by atoms with Gasteiger partial charge in [-0.15, -0.1) is 0 Å². The molecule has 2 atom stereocenters. The number of phenolic OH excluding ortho intramolecular Hbond substituents is 1. The van der Waals surface area contributed by atoms with Crippen LogP contribution in [0.2, 0.25) is 0 Å². The first kappa shape index (κ1) is 21.8. The van der Waals surface area contributed by atoms with Crippen LogP contribution in [0.4, 0.5) is 4.39 Å². The molecule has 3 aromatic rings. The molecule has 6 nitrogen and oxygen atoms in total. The molecule has 4 heterocycles. The molecular weight excluding hydrogens is 447 g/mol. The Labute approximate surface area is 201 Å². The number of aromatic hydroxyl groups is 1. The molecule has 7 heteroatoms. The van der Waals surface area contributed by atoms with Gasteiger partial charge in [0.15, 0.2) is 5.76 Å². The Kier molecular flexibility index (Phi) is 5.11. The number of hydrogen-bond acceptors (Lipinski definition) is 5. The van der Waals surface area contributed by atoms with Gasteiger partial charge >= 0.3 is 0 Å². The van der Waals surface area contributed by atoms with E-state index >= 15 is 0 Å². The van der Waals surface area contributed by atoms with E-state index in [2.05, 4.69) is 4.90 Å². The number of ether oxygens (including phenoxy) is 1. The summed E-state index contributed by atoms with van der Waals surface area (Å²) >= 11 is 0. The monoisotopic (exact) mass is 472 g/mol. The van der Waals surface area contributed by atoms with Crippen molar-refractivity contribution in [3.63, 3.8) is 0 Å². The van der Waals surface area contributed by atoms with E-state index in [9.17, 15) is 19.1 Å². The Morgan fingerprint density at radius 3 is 2.71 bits per heavy atom. The van der Waals surface area contributed by atoms with Crippen LogP contribution in [0.5, 0.6) is 11.5 Å². The van der Waals surface area contributed by atoms with Crippen molar-refractivity contribution in [3.05, 3.63) is 98.4 Å². The number of aryl methyl sites for hydroxylation is 1. The molecule has 1 fully saturated rings. The normalized spacial score (nSPS) is 22.1. The smallest absolute Gasteiger partial charge is 0.250 e. The van der Waals surface area contributed by atoms with E-state index in [4.69, 9.17) is 4.74 Å². The van der Waals surface area contributed by atoms with E-state index < -0.39 is 0 Å². The molecule has 0 saturated carbocycles. The summed E-state index contributed by atoms with van der Waals surface area (Å²) in [5.41, 5.74) is 3.47. The number of pyridine rings is 1. The zero-order valence-electron chi connectivity index (χ0n) is 19.3. The lowest BCUT2D eigenvalue weighted by atomic mass is 9.83. The Morgan fingerprint density at radius 2 is 1.91 bits per heavy atom. The van der Waals surface area contributed by atoms with Crippen LogP contribution in [0.1, 0.15) is 45.1 Å². The third kappa shape index (κ3) is 3.76. The Bertz CT molecular complexity index is 1440. The Balaban J connectivity index is 1.31. The SMILES string of the molecule is Cc1cc(O)c(CN2C[C@H]3C[C@@H](C2)c2cccc(=O)n2C3)c2c1C(=O)/C(=C/c1ccc(F)cc1)O2. The molecule has 0 unspecified atom stereocenters. The molecule has 35 heavy (non-hydrogen) atoms. The van der Waals surface area contributed by atoms with E-state index in [1.807, 2.05) is 16.7 Å². The molecule has 0 amide bonds. The number of Topliss-reactive ketones (excluding diaryl/α,β-unsaturated/α-hetero) is 1. The second-order valence-electron chi connectivity index (χ2n) is 9.78. The van der Waals surface area contributed by atoms with Gasteiger partial charge < -0.3 is 14.4 Å². The van der Waals surface area contributed by atoms with Gasteiger partial charge in [-0.05, 0) is 60.7 Å². The summed E-state index contributed by atoms with van der Waals surface area (Å²) in [6.07, 6.45) is 2.64. The number of rotatable bonds is 3. The van der Waals surface area contributed by atoms with E-state index in [0.29, 0.717) is 47.0 Å². The molecule has 178 valence electrons. The number of carbonyl (C=O) groups excluding carboxylic acids is 1. The third-order valence-corrected chi connectivity index (χ3v) is 7.33. The quantitative estimate of drug-likeness (QED) is 0.578. The maximum absolute atomic E-state index is 13.3. The molecule has 0 radical (unpaired) electrons. The van der Waals surface area contributed by atoms with E-state index in [-0.39, 0.29) is 34.6 Å². The second kappa shape index (κ2) is 8.20. The third-order valence-electron chi connectivity index (χ3n) is 7.33. The molecule has 2 aromatic carbocycles. The van der Waals surface area contributed by atoms with Crippen molar-refractivity contribution < 1.29 is 19.0 Å². The van der Waals surface area contributed by atoms with Crippen molar-refractivity contribution in [1.82, 2.24) is 9.47 Å². The molecule has 6 rings (SSSR count). The van der Waals surface area contributed by atoms with Crippen molar-refractivity contribution in [3.8, 4) is 11.5 Å². The molecule has 1 N–H and O–H groups in total. The number of nitrogens with zero attached hydrogens (tertiary/aromatic N) is 2. The molecule has 0 aliphatic carbocycles. The van der Waals surface area contributed by atoms with Crippen molar-refractivity contribution >= 4 is 11.9 Å². The minimum Gasteiger partial charge on any atom is -0.507 e. The topological polar surface area (TPSA) is 71.8 Å². The van der Waals surface area contributed by atoms with Gasteiger partial charge in [0.25, 0.3) is 5.56 Å². The maximum atomic E-state index is 13.3. The average molecular weight is 473 g/mol. The van der Waals surface area contributed by atoms with Crippen LogP contribution in [0.25, 0.3) is 6.08 Å². The van der Waals surface area contributed by atoms with Crippen LogP contribution in [-0.2, 0) is 13.1 Å². The van der Waals surface area contributed by atoms with Crippen LogP contribution in [0.3, 0.4) is 0 Å². The van der Waals surface area contributed by atoms with Crippen LogP contribution >= 0.6 is 0 Å². The number of halogens is 1. The van der Waals surface area contributed by atoms with Gasteiger partial charge in [0.2, 0.25) is 5.78 Å². The standard InChI is InChI=1S/C28H25FN2O4/c1-16-9-23(32)21(28-26(16)27(34)24(35-28)11-17-5-7-20(29)8-6-17)15-30-12-18-10-19(14-30)22-3-2-4-25(33)31(22)13-18/h2-9,11,18-19,32H,10,12-15H2,1H3/b24-11-/t18-,19+/m1/s1. The highest BCUT2D eigenvalue weighted by Gasteiger charge is 2.37. The lowest BCUT2D eigenvalue weighted by Gasteiger charge is -2.43. The number of piperidine rings is 1. The number of fused-ring (bicyclic) bond motifs is 5. The van der Waals surface area contributed by atoms with Gasteiger partial charge in [-0.3, -0.25) is 14.5 Å². The molecule has 3 aliphatic heterocycles. The van der Waals surface area contributed by atoms with Gasteiger partial charge in [-0.25, -0.2) is 4.39 Å². The summed E-state index contributed by atoms with van der Waals surface area (Å²) in [7, 11) is 0. The van der Waals surface area contributed by atoms with Gasteiger partial charge in [0, 0.05) is 43.9 Å². The van der Waals surface area contributed by atoms with Crippen molar-refractivity contribution in [1.29, 1.82) is 0 Å². The number of phenols is 1. The highest BCUT2D eigenvalue weighted by atomic mass is 19.1. The van der Waals surface area contributed by atoms with Crippen molar-refractivity contribution in [2.75, 3.05) is 13.1 Å². The van der Waals surface area contributed by atoms with Crippen LogP contribution in [0.15, 0.2) is 59.1 Å². The van der Waals surface area contributed by atoms with Gasteiger partial charge in [-0.1, -0.05) is 18.2 Å². The fourth-order valence-electron chi connectivity index (χ4n) is 5.79. The van der Waals surface area contributed by atoms with Crippen molar-refractivity contribution in [2.45, 2.75) is 32.4 Å². The summed E-state index contributed by atoms with van der Waals surface area (Å²) in [6, 6.07) is 12.9. The van der Waals surface area contributed by atoms with E-state index in [0.717, 1.165) is 25.2 Å². The lowest BCUT2D eigenvalue weighted by molar-refractivity contribution is 0.101. The van der Waals surface area contributed by atoms with Gasteiger partial charge in [-0.2, -0.15) is 0 Å². The second-order valence-corrected chi connectivity index (χ2v) is 9.78. The largest absolute Gasteiger partial charge is 0.507 e. The Morgan fingerprint density at radius 1 is 1.11 bits per heavy atom. The molecule has 1 saturated heterocycles. The van der Waals surface area contributed by atoms with Crippen LogP contribution < -0.4 is 10.3 Å². The zero-order valence-corrected chi connectivity index (χ0v) is 19.3. The first-order chi connectivity index (χ1) is 16.9. The van der Waals surface area contributed by atoms with Crippen LogP contribution in [0, 0.1) is 18.7 Å². The summed E-state index contributed by atoms with van der Waals surface area (Å²) in [5.74, 6) is 0.651. The minimum absolute atomic E-state index is 0.0482. The zero-order chi connectivity index (χ0) is 24.3. The number of allylic oxidation sites excluding steroid dienone is 1. The summed E-state index contributed by atoms with van der Waals surface area (Å²) in [4.78, 5) is 27.8. The van der Waals surface area contributed by atoms with E-state index in [1.165, 1.54) is 12.1 Å². The fraction of sp³-hybridized carbons (Fsp3) is 0.286.